The Labute approximate surface area is 143 Å². The van der Waals surface area contributed by atoms with Gasteiger partial charge in [-0.05, 0) is 24.1 Å². The highest BCUT2D eigenvalue weighted by atomic mass is 32.2. The van der Waals surface area contributed by atoms with Crippen LogP contribution < -0.4 is 10.2 Å². The Kier molecular flexibility index (Phi) is 6.68. The van der Waals surface area contributed by atoms with Gasteiger partial charge in [0.25, 0.3) is 0 Å². The second-order valence-corrected chi connectivity index (χ2v) is 7.01. The first-order valence-corrected chi connectivity index (χ1v) is 8.86. The summed E-state index contributed by atoms with van der Waals surface area (Å²) in [5.74, 6) is 0.519. The van der Waals surface area contributed by atoms with Gasteiger partial charge in [0, 0.05) is 4.90 Å². The number of likely N-dealkylation sites (N-methyl/N-ethyl adjacent to an activating group) is 1. The minimum Gasteiger partial charge on any atom is -0.343 e. The minimum absolute atomic E-state index is 0.0474. The third-order valence-electron chi connectivity index (χ3n) is 3.60. The maximum atomic E-state index is 12.4. The monoisotopic (exact) mass is 329 g/mol. The van der Waals surface area contributed by atoms with Crippen LogP contribution in [0.2, 0.25) is 0 Å². The molecule has 1 amide bonds. The van der Waals surface area contributed by atoms with Crippen molar-refractivity contribution in [1.82, 2.24) is 5.32 Å². The van der Waals surface area contributed by atoms with Gasteiger partial charge in [-0.2, -0.15) is 0 Å². The number of carbonyl (C=O) groups excluding carboxylic acids is 1. The molecule has 0 spiro atoms. The number of hydrogen-bond donors (Lipinski definition) is 2. The fourth-order valence-corrected chi connectivity index (χ4v) is 3.28. The van der Waals surface area contributed by atoms with Crippen molar-refractivity contribution in [2.75, 3.05) is 26.4 Å². The van der Waals surface area contributed by atoms with Crippen molar-refractivity contribution in [3.05, 3.63) is 65.7 Å². The summed E-state index contributed by atoms with van der Waals surface area (Å²) < 4.78 is 0. The highest BCUT2D eigenvalue weighted by Gasteiger charge is 2.17. The molecule has 0 fully saturated rings. The zero-order chi connectivity index (χ0) is 16.7. The molecule has 2 rings (SSSR count). The van der Waals surface area contributed by atoms with Crippen LogP contribution in [-0.4, -0.2) is 32.3 Å². The molecule has 4 heteroatoms. The number of aryl methyl sites for hydroxylation is 1. The predicted octanol–water partition coefficient (Wildman–Crippen LogP) is 2.09. The Morgan fingerprint density at radius 2 is 1.74 bits per heavy atom. The molecule has 23 heavy (non-hydrogen) atoms. The van der Waals surface area contributed by atoms with Crippen molar-refractivity contribution >= 4 is 17.7 Å². The Hall–Kier alpha value is -1.78. The molecule has 1 atom stereocenters. The molecule has 0 bridgehead atoms. The van der Waals surface area contributed by atoms with Crippen molar-refractivity contribution in [3.8, 4) is 0 Å². The average molecular weight is 329 g/mol. The third kappa shape index (κ3) is 5.73. The van der Waals surface area contributed by atoms with Crippen molar-refractivity contribution in [2.24, 2.45) is 0 Å². The SMILES string of the molecule is Cc1ccccc1SCC(=O)N[C@@H](C[NH+](C)C)c1ccccc1. The molecule has 3 nitrogen and oxygen atoms in total. The fourth-order valence-electron chi connectivity index (χ4n) is 2.44. The molecule has 0 aliphatic carbocycles. The van der Waals surface area contributed by atoms with Crippen LogP contribution in [0.5, 0.6) is 0 Å². The van der Waals surface area contributed by atoms with Crippen molar-refractivity contribution in [3.63, 3.8) is 0 Å². The topological polar surface area (TPSA) is 33.5 Å². The molecule has 0 aliphatic heterocycles. The molecule has 2 N–H and O–H groups in total. The smallest absolute Gasteiger partial charge is 0.231 e. The number of benzene rings is 2. The van der Waals surface area contributed by atoms with Crippen LogP contribution in [0.3, 0.4) is 0 Å². The van der Waals surface area contributed by atoms with Crippen LogP contribution in [0.25, 0.3) is 0 Å². The normalized spacial score (nSPS) is 12.2. The van der Waals surface area contributed by atoms with Crippen molar-refractivity contribution in [1.29, 1.82) is 0 Å². The highest BCUT2D eigenvalue weighted by molar-refractivity contribution is 8.00. The Morgan fingerprint density at radius 1 is 1.09 bits per heavy atom. The lowest BCUT2D eigenvalue weighted by Gasteiger charge is -2.21. The van der Waals surface area contributed by atoms with Gasteiger partial charge in [-0.1, -0.05) is 48.5 Å². The fraction of sp³-hybridized carbons (Fsp3) is 0.316. The molecular weight excluding hydrogens is 304 g/mol. The lowest BCUT2D eigenvalue weighted by molar-refractivity contribution is -0.860. The molecule has 2 aromatic rings. The van der Waals surface area contributed by atoms with E-state index >= 15 is 0 Å². The number of thioether (sulfide) groups is 1. The van der Waals surface area contributed by atoms with E-state index < -0.39 is 0 Å². The number of hydrogen-bond acceptors (Lipinski definition) is 2. The molecule has 0 aliphatic rings. The lowest BCUT2D eigenvalue weighted by Crippen LogP contribution is -3.06. The number of amides is 1. The van der Waals surface area contributed by atoms with Crippen molar-refractivity contribution in [2.45, 2.75) is 17.9 Å². The molecule has 0 radical (unpaired) electrons. The molecule has 0 saturated heterocycles. The van der Waals surface area contributed by atoms with Crippen LogP contribution in [0.15, 0.2) is 59.5 Å². The molecule has 0 saturated carbocycles. The first-order valence-electron chi connectivity index (χ1n) is 7.88. The van der Waals surface area contributed by atoms with Crippen LogP contribution in [0, 0.1) is 6.92 Å². The van der Waals surface area contributed by atoms with Crippen LogP contribution >= 0.6 is 11.8 Å². The third-order valence-corrected chi connectivity index (χ3v) is 4.78. The van der Waals surface area contributed by atoms with E-state index in [-0.39, 0.29) is 11.9 Å². The van der Waals surface area contributed by atoms with Gasteiger partial charge in [0.1, 0.15) is 12.6 Å². The summed E-state index contributed by atoms with van der Waals surface area (Å²) in [5, 5.41) is 3.17. The summed E-state index contributed by atoms with van der Waals surface area (Å²) in [6, 6.07) is 18.4. The average Bonchev–Trinajstić information content (AvgIpc) is 2.54. The van der Waals surface area contributed by atoms with E-state index in [0.717, 1.165) is 17.0 Å². The minimum atomic E-state index is 0.0474. The molecular formula is C19H25N2OS+. The summed E-state index contributed by atoms with van der Waals surface area (Å²) in [4.78, 5) is 14.8. The number of carbonyl (C=O) groups is 1. The van der Waals surface area contributed by atoms with Gasteiger partial charge in [-0.3, -0.25) is 4.79 Å². The molecule has 0 heterocycles. The van der Waals surface area contributed by atoms with Crippen molar-refractivity contribution < 1.29 is 9.69 Å². The zero-order valence-corrected chi connectivity index (χ0v) is 14.8. The van der Waals surface area contributed by atoms with E-state index in [2.05, 4.69) is 50.6 Å². The molecule has 2 aromatic carbocycles. The van der Waals surface area contributed by atoms with E-state index in [0.29, 0.717) is 5.75 Å². The van der Waals surface area contributed by atoms with Gasteiger partial charge in [0.15, 0.2) is 0 Å². The Balaban J connectivity index is 1.96. The van der Waals surface area contributed by atoms with Gasteiger partial charge in [-0.15, -0.1) is 11.8 Å². The second kappa shape index (κ2) is 8.75. The second-order valence-electron chi connectivity index (χ2n) is 6.00. The van der Waals surface area contributed by atoms with Gasteiger partial charge in [0.2, 0.25) is 5.91 Å². The Bertz CT molecular complexity index is 628. The number of rotatable bonds is 7. The quantitative estimate of drug-likeness (QED) is 0.763. The largest absolute Gasteiger partial charge is 0.343 e. The van der Waals surface area contributed by atoms with Gasteiger partial charge < -0.3 is 10.2 Å². The van der Waals surface area contributed by atoms with Gasteiger partial charge in [0.05, 0.1) is 19.8 Å². The maximum absolute atomic E-state index is 12.4. The lowest BCUT2D eigenvalue weighted by atomic mass is 10.1. The highest BCUT2D eigenvalue weighted by Crippen LogP contribution is 2.21. The van der Waals surface area contributed by atoms with Crippen LogP contribution in [-0.2, 0) is 4.79 Å². The van der Waals surface area contributed by atoms with E-state index in [4.69, 9.17) is 0 Å². The van der Waals surface area contributed by atoms with E-state index in [9.17, 15) is 4.79 Å². The summed E-state index contributed by atoms with van der Waals surface area (Å²) >= 11 is 1.59. The number of quaternary nitrogens is 1. The molecule has 0 unspecified atom stereocenters. The molecule has 0 aromatic heterocycles. The van der Waals surface area contributed by atoms with E-state index in [1.165, 1.54) is 10.5 Å². The zero-order valence-electron chi connectivity index (χ0n) is 14.0. The van der Waals surface area contributed by atoms with Crippen LogP contribution in [0.4, 0.5) is 0 Å². The summed E-state index contributed by atoms with van der Waals surface area (Å²) in [6.45, 7) is 2.94. The van der Waals surface area contributed by atoms with Crippen LogP contribution in [0.1, 0.15) is 17.2 Å². The van der Waals surface area contributed by atoms with Gasteiger partial charge in [-0.25, -0.2) is 0 Å². The Morgan fingerprint density at radius 3 is 2.39 bits per heavy atom. The summed E-state index contributed by atoms with van der Waals surface area (Å²) in [5.41, 5.74) is 2.37. The van der Waals surface area contributed by atoms with E-state index in [1.54, 1.807) is 11.8 Å². The first-order chi connectivity index (χ1) is 11.1. The van der Waals surface area contributed by atoms with E-state index in [1.807, 2.05) is 30.3 Å². The molecule has 122 valence electrons. The standard InChI is InChI=1S/C19H24N2OS/c1-15-9-7-8-12-18(15)23-14-19(22)20-17(13-21(2)3)16-10-5-4-6-11-16/h4-12,17H,13-14H2,1-3H3,(H,20,22)/p+1/t17-/m0/s1. The predicted molar refractivity (Wildman–Crippen MR) is 96.9 cm³/mol. The summed E-state index contributed by atoms with van der Waals surface area (Å²) in [6.07, 6.45) is 0. The maximum Gasteiger partial charge on any atom is 0.231 e. The summed E-state index contributed by atoms with van der Waals surface area (Å²) in [7, 11) is 4.20. The first kappa shape index (κ1) is 17.6. The van der Waals surface area contributed by atoms with Gasteiger partial charge >= 0.3 is 0 Å². The number of nitrogens with one attached hydrogen (secondary N) is 2.